The molecule has 120 valence electrons. The quantitative estimate of drug-likeness (QED) is 0.680. The summed E-state index contributed by atoms with van der Waals surface area (Å²) in [6.45, 7) is 1.52. The molecule has 0 amide bonds. The summed E-state index contributed by atoms with van der Waals surface area (Å²) < 4.78 is 0. The van der Waals surface area contributed by atoms with E-state index in [2.05, 4.69) is 17.0 Å². The Bertz CT molecular complexity index is 688. The highest BCUT2D eigenvalue weighted by Crippen LogP contribution is 2.34. The Morgan fingerprint density at radius 2 is 1.96 bits per heavy atom. The van der Waals surface area contributed by atoms with Crippen LogP contribution < -0.4 is 4.90 Å². The predicted molar refractivity (Wildman–Crippen MR) is 89.5 cm³/mol. The molecule has 0 saturated carbocycles. The van der Waals surface area contributed by atoms with Gasteiger partial charge >= 0.3 is 0 Å². The molecule has 3 rings (SSSR count). The van der Waals surface area contributed by atoms with Gasteiger partial charge in [-0.25, -0.2) is 0 Å². The Balaban J connectivity index is 1.77. The monoisotopic (exact) mass is 312 g/mol. The molecular formula is C18H20N2O3. The SMILES string of the molecule is O=[N+]([O-])c1ccc(CO)cc1N1CCC(Cc2ccccc2)C1. The normalized spacial score (nSPS) is 17.4. The first-order valence-electron chi connectivity index (χ1n) is 7.84. The molecule has 1 aliphatic heterocycles. The number of hydrogen-bond acceptors (Lipinski definition) is 4. The van der Waals surface area contributed by atoms with E-state index < -0.39 is 0 Å². The van der Waals surface area contributed by atoms with Crippen molar-refractivity contribution in [1.82, 2.24) is 0 Å². The molecule has 1 saturated heterocycles. The lowest BCUT2D eigenvalue weighted by atomic mass is 9.99. The second-order valence-corrected chi connectivity index (χ2v) is 6.03. The number of rotatable bonds is 5. The van der Waals surface area contributed by atoms with Gasteiger partial charge < -0.3 is 10.0 Å². The first-order valence-corrected chi connectivity index (χ1v) is 7.84. The van der Waals surface area contributed by atoms with Crippen molar-refractivity contribution in [3.8, 4) is 0 Å². The van der Waals surface area contributed by atoms with E-state index >= 15 is 0 Å². The van der Waals surface area contributed by atoms with E-state index in [-0.39, 0.29) is 17.2 Å². The van der Waals surface area contributed by atoms with Crippen LogP contribution in [0.3, 0.4) is 0 Å². The highest BCUT2D eigenvalue weighted by molar-refractivity contribution is 5.65. The van der Waals surface area contributed by atoms with Gasteiger partial charge in [-0.3, -0.25) is 10.1 Å². The van der Waals surface area contributed by atoms with Crippen molar-refractivity contribution in [3.05, 3.63) is 69.8 Å². The molecule has 0 spiro atoms. The first kappa shape index (κ1) is 15.5. The van der Waals surface area contributed by atoms with Crippen LogP contribution in [0.15, 0.2) is 48.5 Å². The highest BCUT2D eigenvalue weighted by atomic mass is 16.6. The summed E-state index contributed by atoms with van der Waals surface area (Å²) in [6.07, 6.45) is 2.01. The smallest absolute Gasteiger partial charge is 0.292 e. The van der Waals surface area contributed by atoms with Crippen molar-refractivity contribution in [2.45, 2.75) is 19.4 Å². The minimum Gasteiger partial charge on any atom is -0.392 e. The zero-order chi connectivity index (χ0) is 16.2. The molecule has 2 aromatic carbocycles. The van der Waals surface area contributed by atoms with E-state index in [0.717, 1.165) is 25.9 Å². The van der Waals surface area contributed by atoms with Crippen LogP contribution in [0.1, 0.15) is 17.5 Å². The molecule has 5 nitrogen and oxygen atoms in total. The van der Waals surface area contributed by atoms with Crippen molar-refractivity contribution in [3.63, 3.8) is 0 Å². The summed E-state index contributed by atoms with van der Waals surface area (Å²) >= 11 is 0. The van der Waals surface area contributed by atoms with Gasteiger partial charge in [-0.2, -0.15) is 0 Å². The Kier molecular flexibility index (Phi) is 4.57. The van der Waals surface area contributed by atoms with Crippen LogP contribution in [0.4, 0.5) is 11.4 Å². The number of nitro groups is 1. The molecule has 1 fully saturated rings. The summed E-state index contributed by atoms with van der Waals surface area (Å²) in [7, 11) is 0. The number of nitrogens with zero attached hydrogens (tertiary/aromatic N) is 2. The zero-order valence-electron chi connectivity index (χ0n) is 12.9. The van der Waals surface area contributed by atoms with E-state index in [1.54, 1.807) is 12.1 Å². The van der Waals surface area contributed by atoms with Gasteiger partial charge in [0.1, 0.15) is 5.69 Å². The molecule has 1 heterocycles. The van der Waals surface area contributed by atoms with Crippen molar-refractivity contribution >= 4 is 11.4 Å². The molecule has 1 N–H and O–H groups in total. The Morgan fingerprint density at radius 3 is 2.65 bits per heavy atom. The molecule has 2 aromatic rings. The minimum absolute atomic E-state index is 0.105. The summed E-state index contributed by atoms with van der Waals surface area (Å²) in [5.74, 6) is 0.495. The lowest BCUT2D eigenvalue weighted by Gasteiger charge is -2.19. The zero-order valence-corrected chi connectivity index (χ0v) is 12.9. The average Bonchev–Trinajstić information content (AvgIpc) is 3.03. The van der Waals surface area contributed by atoms with E-state index in [0.29, 0.717) is 17.2 Å². The lowest BCUT2D eigenvalue weighted by molar-refractivity contribution is -0.384. The molecular weight excluding hydrogens is 292 g/mol. The maximum absolute atomic E-state index is 11.3. The third-order valence-electron chi connectivity index (χ3n) is 4.41. The van der Waals surface area contributed by atoms with E-state index in [1.165, 1.54) is 11.6 Å². The fourth-order valence-corrected chi connectivity index (χ4v) is 3.24. The van der Waals surface area contributed by atoms with Gasteiger partial charge in [0.2, 0.25) is 0 Å². The van der Waals surface area contributed by atoms with Crippen LogP contribution in [0.2, 0.25) is 0 Å². The van der Waals surface area contributed by atoms with Gasteiger partial charge in [0.25, 0.3) is 5.69 Å². The molecule has 23 heavy (non-hydrogen) atoms. The van der Waals surface area contributed by atoms with Crippen molar-refractivity contribution < 1.29 is 10.0 Å². The van der Waals surface area contributed by atoms with Gasteiger partial charge in [0.05, 0.1) is 11.5 Å². The number of aliphatic hydroxyl groups is 1. The topological polar surface area (TPSA) is 66.6 Å². The molecule has 0 bridgehead atoms. The fourth-order valence-electron chi connectivity index (χ4n) is 3.24. The maximum Gasteiger partial charge on any atom is 0.292 e. The predicted octanol–water partition coefficient (Wildman–Crippen LogP) is 3.16. The average molecular weight is 312 g/mol. The number of aliphatic hydroxyl groups excluding tert-OH is 1. The molecule has 0 aromatic heterocycles. The number of nitro benzene ring substituents is 1. The van der Waals surface area contributed by atoms with Crippen LogP contribution in [-0.4, -0.2) is 23.1 Å². The third kappa shape index (κ3) is 3.51. The van der Waals surface area contributed by atoms with E-state index in [9.17, 15) is 15.2 Å². The first-order chi connectivity index (χ1) is 11.2. The summed E-state index contributed by atoms with van der Waals surface area (Å²) in [5.41, 5.74) is 2.75. The number of anilines is 1. The number of benzene rings is 2. The highest BCUT2D eigenvalue weighted by Gasteiger charge is 2.27. The van der Waals surface area contributed by atoms with Crippen molar-refractivity contribution in [2.24, 2.45) is 5.92 Å². The molecule has 0 radical (unpaired) electrons. The van der Waals surface area contributed by atoms with Crippen molar-refractivity contribution in [2.75, 3.05) is 18.0 Å². The standard InChI is InChI=1S/C18H20N2O3/c21-13-16-6-7-17(20(22)23)18(11-16)19-9-8-15(12-19)10-14-4-2-1-3-5-14/h1-7,11,15,21H,8-10,12-13H2. The van der Waals surface area contributed by atoms with Gasteiger partial charge in [-0.05, 0) is 42.0 Å². The molecule has 5 heteroatoms. The summed E-state index contributed by atoms with van der Waals surface area (Å²) in [6, 6.07) is 15.2. The van der Waals surface area contributed by atoms with Gasteiger partial charge in [-0.15, -0.1) is 0 Å². The van der Waals surface area contributed by atoms with Crippen LogP contribution in [0.5, 0.6) is 0 Å². The lowest BCUT2D eigenvalue weighted by Crippen LogP contribution is -2.21. The number of hydrogen-bond donors (Lipinski definition) is 1. The molecule has 1 aliphatic rings. The van der Waals surface area contributed by atoms with E-state index in [1.807, 2.05) is 18.2 Å². The van der Waals surface area contributed by atoms with E-state index in [4.69, 9.17) is 0 Å². The summed E-state index contributed by atoms with van der Waals surface area (Å²) in [5, 5.41) is 20.6. The molecule has 0 aliphatic carbocycles. The molecule has 1 unspecified atom stereocenters. The van der Waals surface area contributed by atoms with Gasteiger partial charge in [-0.1, -0.05) is 30.3 Å². The second kappa shape index (κ2) is 6.79. The minimum atomic E-state index is -0.346. The second-order valence-electron chi connectivity index (χ2n) is 6.03. The van der Waals surface area contributed by atoms with Gasteiger partial charge in [0.15, 0.2) is 0 Å². The van der Waals surface area contributed by atoms with Crippen LogP contribution in [-0.2, 0) is 13.0 Å². The molecule has 1 atom stereocenters. The fraction of sp³-hybridized carbons (Fsp3) is 0.333. The summed E-state index contributed by atoms with van der Waals surface area (Å²) in [4.78, 5) is 13.0. The van der Waals surface area contributed by atoms with Crippen LogP contribution in [0.25, 0.3) is 0 Å². The largest absolute Gasteiger partial charge is 0.392 e. The maximum atomic E-state index is 11.3. The van der Waals surface area contributed by atoms with Crippen molar-refractivity contribution in [1.29, 1.82) is 0 Å². The Labute approximate surface area is 135 Å². The van der Waals surface area contributed by atoms with Gasteiger partial charge in [0, 0.05) is 19.2 Å². The van der Waals surface area contributed by atoms with Crippen LogP contribution >= 0.6 is 0 Å². The Hall–Kier alpha value is -2.40. The van der Waals surface area contributed by atoms with Crippen LogP contribution in [0, 0.1) is 16.0 Å². The third-order valence-corrected chi connectivity index (χ3v) is 4.41. The Morgan fingerprint density at radius 1 is 1.17 bits per heavy atom.